The van der Waals surface area contributed by atoms with Crippen LogP contribution in [0.1, 0.15) is 15.9 Å². The largest absolute Gasteiger partial charge is 0.322 e. The SMILES string of the molecule is Cc1c(Cl)cccc1NC(=O)c1cc(F)c(F)cc1Cl. The Morgan fingerprint density at radius 3 is 2.45 bits per heavy atom. The number of anilines is 1. The van der Waals surface area contributed by atoms with Gasteiger partial charge in [0.2, 0.25) is 0 Å². The summed E-state index contributed by atoms with van der Waals surface area (Å²) in [4.78, 5) is 12.0. The van der Waals surface area contributed by atoms with Gasteiger partial charge in [-0.3, -0.25) is 4.79 Å². The van der Waals surface area contributed by atoms with Crippen LogP contribution < -0.4 is 5.32 Å². The van der Waals surface area contributed by atoms with Crippen molar-refractivity contribution >= 4 is 34.8 Å². The molecule has 0 saturated carbocycles. The second-order valence-electron chi connectivity index (χ2n) is 4.11. The van der Waals surface area contributed by atoms with Crippen molar-refractivity contribution in [1.29, 1.82) is 0 Å². The number of carbonyl (C=O) groups is 1. The Balaban J connectivity index is 2.33. The summed E-state index contributed by atoms with van der Waals surface area (Å²) in [5.41, 5.74) is 0.995. The van der Waals surface area contributed by atoms with E-state index in [0.717, 1.165) is 12.1 Å². The van der Waals surface area contributed by atoms with E-state index < -0.39 is 17.5 Å². The van der Waals surface area contributed by atoms with Gasteiger partial charge < -0.3 is 5.32 Å². The zero-order valence-electron chi connectivity index (χ0n) is 10.3. The molecule has 0 spiro atoms. The maximum absolute atomic E-state index is 13.2. The summed E-state index contributed by atoms with van der Waals surface area (Å²) < 4.78 is 26.1. The molecule has 20 heavy (non-hydrogen) atoms. The molecule has 0 radical (unpaired) electrons. The molecule has 2 nitrogen and oxygen atoms in total. The predicted octanol–water partition coefficient (Wildman–Crippen LogP) is 4.83. The van der Waals surface area contributed by atoms with Gasteiger partial charge in [-0.2, -0.15) is 0 Å². The number of hydrogen-bond donors (Lipinski definition) is 1. The Kier molecular flexibility index (Phi) is 4.26. The lowest BCUT2D eigenvalue weighted by Crippen LogP contribution is -2.14. The molecule has 0 heterocycles. The molecular formula is C14H9Cl2F2NO. The number of amides is 1. The van der Waals surface area contributed by atoms with Gasteiger partial charge in [0.05, 0.1) is 10.6 Å². The summed E-state index contributed by atoms with van der Waals surface area (Å²) in [6.07, 6.45) is 0. The Labute approximate surface area is 124 Å². The van der Waals surface area contributed by atoms with Gasteiger partial charge in [-0.25, -0.2) is 8.78 Å². The molecule has 0 unspecified atom stereocenters. The molecule has 0 aliphatic heterocycles. The predicted molar refractivity (Wildman–Crippen MR) is 75.5 cm³/mol. The third-order valence-electron chi connectivity index (χ3n) is 2.77. The van der Waals surface area contributed by atoms with E-state index in [2.05, 4.69) is 5.32 Å². The normalized spacial score (nSPS) is 10.4. The molecule has 0 atom stereocenters. The third kappa shape index (κ3) is 2.92. The number of nitrogens with one attached hydrogen (secondary N) is 1. The molecule has 1 N–H and O–H groups in total. The number of hydrogen-bond acceptors (Lipinski definition) is 1. The summed E-state index contributed by atoms with van der Waals surface area (Å²) in [6.45, 7) is 1.73. The molecule has 0 bridgehead atoms. The Morgan fingerprint density at radius 1 is 1.10 bits per heavy atom. The molecule has 6 heteroatoms. The van der Waals surface area contributed by atoms with Crippen molar-refractivity contribution in [2.45, 2.75) is 6.92 Å². The van der Waals surface area contributed by atoms with E-state index in [1.165, 1.54) is 0 Å². The molecular weight excluding hydrogens is 307 g/mol. The monoisotopic (exact) mass is 315 g/mol. The fraction of sp³-hybridized carbons (Fsp3) is 0.0714. The van der Waals surface area contributed by atoms with Gasteiger partial charge in [0, 0.05) is 10.7 Å². The van der Waals surface area contributed by atoms with E-state index in [4.69, 9.17) is 23.2 Å². The summed E-state index contributed by atoms with van der Waals surface area (Å²) in [5.74, 6) is -2.88. The Morgan fingerprint density at radius 2 is 1.75 bits per heavy atom. The molecule has 0 aromatic heterocycles. The van der Waals surface area contributed by atoms with Gasteiger partial charge in [-0.15, -0.1) is 0 Å². The van der Waals surface area contributed by atoms with E-state index in [1.807, 2.05) is 0 Å². The van der Waals surface area contributed by atoms with Gasteiger partial charge in [0.15, 0.2) is 11.6 Å². The van der Waals surface area contributed by atoms with Crippen LogP contribution in [0.5, 0.6) is 0 Å². The second kappa shape index (κ2) is 5.77. The number of halogens is 4. The van der Waals surface area contributed by atoms with Crippen LogP contribution in [0, 0.1) is 18.6 Å². The first-order chi connectivity index (χ1) is 9.40. The van der Waals surface area contributed by atoms with Crippen LogP contribution in [0.25, 0.3) is 0 Å². The van der Waals surface area contributed by atoms with Crippen molar-refractivity contribution in [3.8, 4) is 0 Å². The molecule has 0 aliphatic rings. The van der Waals surface area contributed by atoms with Crippen LogP contribution in [-0.2, 0) is 0 Å². The van der Waals surface area contributed by atoms with E-state index in [9.17, 15) is 13.6 Å². The second-order valence-corrected chi connectivity index (χ2v) is 4.93. The zero-order chi connectivity index (χ0) is 14.9. The highest BCUT2D eigenvalue weighted by Crippen LogP contribution is 2.25. The minimum Gasteiger partial charge on any atom is -0.322 e. The Hall–Kier alpha value is -1.65. The van der Waals surface area contributed by atoms with Crippen LogP contribution >= 0.6 is 23.2 Å². The quantitative estimate of drug-likeness (QED) is 0.790. The third-order valence-corrected chi connectivity index (χ3v) is 3.49. The lowest BCUT2D eigenvalue weighted by Gasteiger charge is -2.10. The molecule has 2 aromatic rings. The maximum atomic E-state index is 13.2. The minimum atomic E-state index is -1.14. The van der Waals surface area contributed by atoms with Crippen molar-refractivity contribution in [1.82, 2.24) is 0 Å². The van der Waals surface area contributed by atoms with Gasteiger partial charge in [-0.1, -0.05) is 29.3 Å². The number of carbonyl (C=O) groups excluding carboxylic acids is 1. The van der Waals surface area contributed by atoms with E-state index in [-0.39, 0.29) is 10.6 Å². The van der Waals surface area contributed by atoms with Crippen molar-refractivity contribution in [3.63, 3.8) is 0 Å². The molecule has 1 amide bonds. The van der Waals surface area contributed by atoms with Crippen LogP contribution in [0.2, 0.25) is 10.0 Å². The van der Waals surface area contributed by atoms with E-state index in [0.29, 0.717) is 16.3 Å². The number of benzene rings is 2. The summed E-state index contributed by atoms with van der Waals surface area (Å²) in [7, 11) is 0. The van der Waals surface area contributed by atoms with E-state index >= 15 is 0 Å². The van der Waals surface area contributed by atoms with Gasteiger partial charge in [0.1, 0.15) is 0 Å². The summed E-state index contributed by atoms with van der Waals surface area (Å²) in [5, 5.41) is 2.88. The standard InChI is InChI=1S/C14H9Cl2F2NO/c1-7-9(15)3-2-4-13(7)19-14(20)8-5-11(17)12(18)6-10(8)16/h2-6H,1H3,(H,19,20). The molecule has 0 fully saturated rings. The van der Waals surface area contributed by atoms with Crippen molar-refractivity contribution in [3.05, 3.63) is 63.1 Å². The number of rotatable bonds is 2. The average Bonchev–Trinajstić information content (AvgIpc) is 2.39. The van der Waals surface area contributed by atoms with Crippen LogP contribution in [0.4, 0.5) is 14.5 Å². The van der Waals surface area contributed by atoms with Gasteiger partial charge in [-0.05, 0) is 36.8 Å². The molecule has 0 saturated heterocycles. The summed E-state index contributed by atoms with van der Waals surface area (Å²) in [6, 6.07) is 6.51. The highest BCUT2D eigenvalue weighted by atomic mass is 35.5. The molecule has 2 rings (SSSR count). The van der Waals surface area contributed by atoms with E-state index in [1.54, 1.807) is 25.1 Å². The van der Waals surface area contributed by atoms with Crippen molar-refractivity contribution < 1.29 is 13.6 Å². The van der Waals surface area contributed by atoms with Crippen molar-refractivity contribution in [2.24, 2.45) is 0 Å². The average molecular weight is 316 g/mol. The van der Waals surface area contributed by atoms with Gasteiger partial charge in [0.25, 0.3) is 5.91 Å². The fourth-order valence-electron chi connectivity index (χ4n) is 1.63. The van der Waals surface area contributed by atoms with Gasteiger partial charge >= 0.3 is 0 Å². The first-order valence-electron chi connectivity index (χ1n) is 5.61. The first kappa shape index (κ1) is 14.8. The van der Waals surface area contributed by atoms with Crippen LogP contribution in [0.3, 0.4) is 0 Å². The zero-order valence-corrected chi connectivity index (χ0v) is 11.8. The highest BCUT2D eigenvalue weighted by Gasteiger charge is 2.16. The van der Waals surface area contributed by atoms with Crippen LogP contribution in [0.15, 0.2) is 30.3 Å². The topological polar surface area (TPSA) is 29.1 Å². The Bertz CT molecular complexity index is 689. The van der Waals surface area contributed by atoms with Crippen molar-refractivity contribution in [2.75, 3.05) is 5.32 Å². The summed E-state index contributed by atoms with van der Waals surface area (Å²) >= 11 is 11.7. The lowest BCUT2D eigenvalue weighted by molar-refractivity contribution is 0.102. The smallest absolute Gasteiger partial charge is 0.257 e. The molecule has 0 aliphatic carbocycles. The lowest BCUT2D eigenvalue weighted by atomic mass is 10.1. The first-order valence-corrected chi connectivity index (χ1v) is 6.36. The minimum absolute atomic E-state index is 0.148. The maximum Gasteiger partial charge on any atom is 0.257 e. The highest BCUT2D eigenvalue weighted by molar-refractivity contribution is 6.34. The fourth-order valence-corrected chi connectivity index (χ4v) is 2.04. The molecule has 104 valence electrons. The molecule has 2 aromatic carbocycles. The van der Waals surface area contributed by atoms with Crippen LogP contribution in [-0.4, -0.2) is 5.91 Å².